The minimum absolute atomic E-state index is 0.223. The fraction of sp³-hybridized carbons (Fsp3) is 0.562. The summed E-state index contributed by atoms with van der Waals surface area (Å²) in [5.41, 5.74) is 1.66. The molecule has 1 aromatic rings. The van der Waals surface area contributed by atoms with Gasteiger partial charge in [-0.05, 0) is 6.07 Å². The van der Waals surface area contributed by atoms with Crippen LogP contribution in [-0.2, 0) is 10.6 Å². The number of hydrogen-bond acceptors (Lipinski definition) is 4. The highest BCUT2D eigenvalue weighted by Gasteiger charge is 2.52. The average Bonchev–Trinajstić information content (AvgIpc) is 2.77. The van der Waals surface area contributed by atoms with Crippen molar-refractivity contribution < 1.29 is 9.53 Å². The summed E-state index contributed by atoms with van der Waals surface area (Å²) in [6, 6.07) is 7.73. The van der Waals surface area contributed by atoms with Crippen molar-refractivity contribution in [1.29, 1.82) is 0 Å². The van der Waals surface area contributed by atoms with E-state index < -0.39 is 5.85 Å². The fourth-order valence-electron chi connectivity index (χ4n) is 3.16. The molecule has 4 heteroatoms. The van der Waals surface area contributed by atoms with Gasteiger partial charge >= 0.3 is 5.97 Å². The molecular weight excluding hydrogens is 252 g/mol. The number of cyclic esters (lactones) is 1. The molecule has 0 atom stereocenters. The van der Waals surface area contributed by atoms with Gasteiger partial charge in [-0.1, -0.05) is 45.9 Å². The number of fused-ring (bicyclic) bond motifs is 1. The van der Waals surface area contributed by atoms with Crippen LogP contribution in [0.15, 0.2) is 24.3 Å². The second-order valence-corrected chi connectivity index (χ2v) is 4.89. The van der Waals surface area contributed by atoms with Crippen LogP contribution in [0.4, 0.5) is 0 Å². The predicted molar refractivity (Wildman–Crippen MR) is 79.4 cm³/mol. The van der Waals surface area contributed by atoms with E-state index in [0.717, 1.165) is 31.7 Å². The molecule has 0 saturated heterocycles. The lowest BCUT2D eigenvalue weighted by Gasteiger charge is -2.46. The summed E-state index contributed by atoms with van der Waals surface area (Å²) in [6.07, 6.45) is 0. The molecule has 1 aliphatic heterocycles. The van der Waals surface area contributed by atoms with Crippen molar-refractivity contribution >= 4 is 5.97 Å². The smallest absolute Gasteiger partial charge is 0.341 e. The summed E-state index contributed by atoms with van der Waals surface area (Å²) >= 11 is 0. The van der Waals surface area contributed by atoms with Crippen molar-refractivity contribution in [3.63, 3.8) is 0 Å². The predicted octanol–water partition coefficient (Wildman–Crippen LogP) is 2.65. The van der Waals surface area contributed by atoms with Crippen LogP contribution in [0.3, 0.4) is 0 Å². The maximum atomic E-state index is 12.3. The molecular formula is C16H24N2O2. The third kappa shape index (κ3) is 2.03. The van der Waals surface area contributed by atoms with Crippen LogP contribution in [0, 0.1) is 0 Å². The van der Waals surface area contributed by atoms with Crippen molar-refractivity contribution in [3.05, 3.63) is 35.4 Å². The van der Waals surface area contributed by atoms with Crippen LogP contribution >= 0.6 is 0 Å². The van der Waals surface area contributed by atoms with Gasteiger partial charge in [0.2, 0.25) is 0 Å². The van der Waals surface area contributed by atoms with Gasteiger partial charge in [-0.2, -0.15) is 0 Å². The maximum absolute atomic E-state index is 12.3. The zero-order valence-electron chi connectivity index (χ0n) is 12.8. The Hall–Kier alpha value is -1.39. The molecule has 0 amide bonds. The molecule has 0 radical (unpaired) electrons. The molecule has 0 fully saturated rings. The number of hydrogen-bond donors (Lipinski definition) is 0. The van der Waals surface area contributed by atoms with Crippen molar-refractivity contribution in [3.8, 4) is 0 Å². The van der Waals surface area contributed by atoms with Gasteiger partial charge in [0.15, 0.2) is 0 Å². The Kier molecular flexibility index (Phi) is 4.45. The Labute approximate surface area is 121 Å². The number of esters is 1. The fourth-order valence-corrected chi connectivity index (χ4v) is 3.16. The van der Waals surface area contributed by atoms with E-state index in [4.69, 9.17) is 4.74 Å². The minimum atomic E-state index is -0.749. The van der Waals surface area contributed by atoms with Gasteiger partial charge in [0.25, 0.3) is 5.85 Å². The highest BCUT2D eigenvalue weighted by Crippen LogP contribution is 2.41. The summed E-state index contributed by atoms with van der Waals surface area (Å²) in [5.74, 6) is -0.972. The summed E-state index contributed by atoms with van der Waals surface area (Å²) in [4.78, 5) is 16.7. The first-order chi connectivity index (χ1) is 9.65. The number of ether oxygens (including phenoxy) is 1. The molecule has 0 N–H and O–H groups in total. The second-order valence-electron chi connectivity index (χ2n) is 4.89. The maximum Gasteiger partial charge on any atom is 0.341 e. The van der Waals surface area contributed by atoms with Crippen molar-refractivity contribution in [1.82, 2.24) is 9.80 Å². The second kappa shape index (κ2) is 5.94. The first-order valence-electron chi connectivity index (χ1n) is 7.48. The van der Waals surface area contributed by atoms with Crippen LogP contribution < -0.4 is 0 Å². The first-order valence-corrected chi connectivity index (χ1v) is 7.48. The van der Waals surface area contributed by atoms with E-state index in [2.05, 4.69) is 37.5 Å². The third-order valence-corrected chi connectivity index (χ3v) is 4.12. The Bertz CT molecular complexity index is 467. The van der Waals surface area contributed by atoms with E-state index in [9.17, 15) is 4.79 Å². The van der Waals surface area contributed by atoms with E-state index in [1.165, 1.54) is 0 Å². The summed E-state index contributed by atoms with van der Waals surface area (Å²) in [7, 11) is 0. The van der Waals surface area contributed by atoms with Crippen molar-refractivity contribution in [2.24, 2.45) is 0 Å². The molecule has 1 heterocycles. The Morgan fingerprint density at radius 2 is 1.45 bits per heavy atom. The molecule has 1 aliphatic rings. The minimum Gasteiger partial charge on any atom is -0.422 e. The van der Waals surface area contributed by atoms with Crippen molar-refractivity contribution in [2.75, 3.05) is 26.2 Å². The van der Waals surface area contributed by atoms with Crippen LogP contribution in [-0.4, -0.2) is 41.9 Å². The molecule has 0 bridgehead atoms. The molecule has 20 heavy (non-hydrogen) atoms. The van der Waals surface area contributed by atoms with Gasteiger partial charge in [-0.3, -0.25) is 0 Å². The molecule has 0 aliphatic carbocycles. The lowest BCUT2D eigenvalue weighted by Crippen LogP contribution is -2.58. The van der Waals surface area contributed by atoms with E-state index in [1.54, 1.807) is 0 Å². The van der Waals surface area contributed by atoms with E-state index in [1.807, 2.05) is 24.3 Å². The average molecular weight is 276 g/mol. The number of rotatable bonds is 6. The highest BCUT2D eigenvalue weighted by molar-refractivity contribution is 5.94. The van der Waals surface area contributed by atoms with E-state index in [0.29, 0.717) is 5.56 Å². The van der Waals surface area contributed by atoms with Crippen LogP contribution in [0.5, 0.6) is 0 Å². The monoisotopic (exact) mass is 276 g/mol. The Balaban J connectivity index is 2.63. The van der Waals surface area contributed by atoms with E-state index in [-0.39, 0.29) is 5.97 Å². The summed E-state index contributed by atoms with van der Waals surface area (Å²) in [5, 5.41) is 0. The SMILES string of the molecule is CCN(CC)C1(N(CC)CC)OC(=O)c2ccccc21. The standard InChI is InChI=1S/C16H24N2O2/c1-5-17(6-2)16(18(7-3)8-4)14-12-10-9-11-13(14)15(19)20-16/h9-12H,5-8H2,1-4H3. The van der Waals surface area contributed by atoms with Crippen LogP contribution in [0.25, 0.3) is 0 Å². The number of carbonyl (C=O) groups is 1. The van der Waals surface area contributed by atoms with Gasteiger partial charge in [0.05, 0.1) is 5.56 Å². The molecule has 1 aromatic carbocycles. The number of benzene rings is 1. The lowest BCUT2D eigenvalue weighted by atomic mass is 10.0. The van der Waals surface area contributed by atoms with Gasteiger partial charge in [0, 0.05) is 31.7 Å². The van der Waals surface area contributed by atoms with Crippen molar-refractivity contribution in [2.45, 2.75) is 33.5 Å². The normalized spacial score (nSPS) is 16.6. The van der Waals surface area contributed by atoms with Crippen LogP contribution in [0.1, 0.15) is 43.6 Å². The molecule has 2 rings (SSSR count). The number of carbonyl (C=O) groups excluding carboxylic acids is 1. The zero-order chi connectivity index (χ0) is 14.8. The molecule has 4 nitrogen and oxygen atoms in total. The zero-order valence-corrected chi connectivity index (χ0v) is 12.8. The van der Waals surface area contributed by atoms with Gasteiger partial charge < -0.3 is 4.74 Å². The topological polar surface area (TPSA) is 32.8 Å². The molecule has 0 saturated carbocycles. The quantitative estimate of drug-likeness (QED) is 0.591. The molecule has 0 spiro atoms. The first kappa shape index (κ1) is 15.0. The van der Waals surface area contributed by atoms with Gasteiger partial charge in [0.1, 0.15) is 0 Å². The number of nitrogens with zero attached hydrogens (tertiary/aromatic N) is 2. The molecule has 0 aromatic heterocycles. The third-order valence-electron chi connectivity index (χ3n) is 4.12. The van der Waals surface area contributed by atoms with E-state index >= 15 is 0 Å². The van der Waals surface area contributed by atoms with Crippen LogP contribution in [0.2, 0.25) is 0 Å². The summed E-state index contributed by atoms with van der Waals surface area (Å²) in [6.45, 7) is 11.7. The Morgan fingerprint density at radius 3 is 1.95 bits per heavy atom. The largest absolute Gasteiger partial charge is 0.422 e. The van der Waals surface area contributed by atoms with Gasteiger partial charge in [-0.25, -0.2) is 14.6 Å². The highest BCUT2D eigenvalue weighted by atomic mass is 16.6. The molecule has 110 valence electrons. The van der Waals surface area contributed by atoms with Gasteiger partial charge in [-0.15, -0.1) is 0 Å². The lowest BCUT2D eigenvalue weighted by molar-refractivity contribution is -0.213. The molecule has 0 unspecified atom stereocenters. The summed E-state index contributed by atoms with van der Waals surface area (Å²) < 4.78 is 5.92. The Morgan fingerprint density at radius 1 is 0.950 bits per heavy atom.